The van der Waals surface area contributed by atoms with Crippen LogP contribution in [0.3, 0.4) is 0 Å². The van der Waals surface area contributed by atoms with Crippen LogP contribution in [0, 0.1) is 6.92 Å². The zero-order chi connectivity index (χ0) is 20.5. The standard InChI is InChI=1S/C21H27N5O3/c1-15-6-7-18(25-24-15)26-11-8-21(9-12-26)14-20(2,17(27)13-29-21)23-19(28)16-5-3-4-10-22-16/h3-7,10,17,27H,8-9,11-14H2,1-2H3,(H,23,28)/t17-,20-/m1/s1. The molecule has 2 fully saturated rings. The van der Waals surface area contributed by atoms with Crippen LogP contribution in [0.4, 0.5) is 5.82 Å². The molecule has 2 aromatic heterocycles. The molecule has 2 aliphatic rings. The summed E-state index contributed by atoms with van der Waals surface area (Å²) in [6.07, 6.45) is 2.95. The van der Waals surface area contributed by atoms with Crippen LogP contribution in [0.25, 0.3) is 0 Å². The zero-order valence-electron chi connectivity index (χ0n) is 16.8. The average Bonchev–Trinajstić information content (AvgIpc) is 2.73. The highest BCUT2D eigenvalue weighted by molar-refractivity contribution is 5.92. The molecule has 8 nitrogen and oxygen atoms in total. The minimum atomic E-state index is -0.779. The van der Waals surface area contributed by atoms with Crippen molar-refractivity contribution in [1.82, 2.24) is 20.5 Å². The molecule has 0 bridgehead atoms. The molecule has 154 valence electrons. The minimum Gasteiger partial charge on any atom is -0.388 e. The number of piperidine rings is 1. The van der Waals surface area contributed by atoms with Crippen molar-refractivity contribution in [3.63, 3.8) is 0 Å². The Bertz CT molecular complexity index is 852. The number of hydrogen-bond acceptors (Lipinski definition) is 7. The molecular weight excluding hydrogens is 370 g/mol. The summed E-state index contributed by atoms with van der Waals surface area (Å²) in [5, 5.41) is 22.0. The summed E-state index contributed by atoms with van der Waals surface area (Å²) in [6, 6.07) is 9.16. The van der Waals surface area contributed by atoms with Crippen LogP contribution in [-0.2, 0) is 4.74 Å². The van der Waals surface area contributed by atoms with Gasteiger partial charge in [-0.15, -0.1) is 5.10 Å². The smallest absolute Gasteiger partial charge is 0.270 e. The van der Waals surface area contributed by atoms with Crippen LogP contribution in [0.15, 0.2) is 36.5 Å². The van der Waals surface area contributed by atoms with E-state index in [0.717, 1.165) is 37.4 Å². The number of hydrogen-bond donors (Lipinski definition) is 2. The first-order valence-corrected chi connectivity index (χ1v) is 10.0. The van der Waals surface area contributed by atoms with Gasteiger partial charge in [0.15, 0.2) is 5.82 Å². The van der Waals surface area contributed by atoms with Gasteiger partial charge in [0.2, 0.25) is 0 Å². The Morgan fingerprint density at radius 2 is 2.03 bits per heavy atom. The highest BCUT2D eigenvalue weighted by Crippen LogP contribution is 2.40. The third-order valence-electron chi connectivity index (χ3n) is 6.05. The summed E-state index contributed by atoms with van der Waals surface area (Å²) in [6.45, 7) is 5.59. The lowest BCUT2D eigenvalue weighted by atomic mass is 9.74. The molecule has 4 rings (SSSR count). The number of amides is 1. The monoisotopic (exact) mass is 397 g/mol. The van der Waals surface area contributed by atoms with E-state index in [9.17, 15) is 9.90 Å². The predicted octanol–water partition coefficient (Wildman–Crippen LogP) is 1.49. The molecular formula is C21H27N5O3. The van der Waals surface area contributed by atoms with Gasteiger partial charge in [0.25, 0.3) is 5.91 Å². The van der Waals surface area contributed by atoms with Gasteiger partial charge in [-0.1, -0.05) is 6.07 Å². The fraction of sp³-hybridized carbons (Fsp3) is 0.524. The van der Waals surface area contributed by atoms with Crippen molar-refractivity contribution in [3.05, 3.63) is 47.9 Å². The van der Waals surface area contributed by atoms with Crippen molar-refractivity contribution in [2.45, 2.75) is 50.4 Å². The number of nitrogens with one attached hydrogen (secondary N) is 1. The second kappa shape index (κ2) is 7.68. The van der Waals surface area contributed by atoms with Crippen molar-refractivity contribution in [3.8, 4) is 0 Å². The molecule has 0 saturated carbocycles. The molecule has 1 amide bonds. The molecule has 1 spiro atoms. The van der Waals surface area contributed by atoms with Gasteiger partial charge in [0, 0.05) is 25.7 Å². The van der Waals surface area contributed by atoms with Crippen molar-refractivity contribution >= 4 is 11.7 Å². The first-order chi connectivity index (χ1) is 13.9. The molecule has 0 radical (unpaired) electrons. The van der Waals surface area contributed by atoms with Crippen LogP contribution in [0.5, 0.6) is 0 Å². The molecule has 8 heteroatoms. The summed E-state index contributed by atoms with van der Waals surface area (Å²) in [4.78, 5) is 19.0. The van der Waals surface area contributed by atoms with Gasteiger partial charge in [-0.25, -0.2) is 0 Å². The molecule has 2 aliphatic heterocycles. The van der Waals surface area contributed by atoms with Crippen molar-refractivity contribution in [1.29, 1.82) is 0 Å². The maximum Gasteiger partial charge on any atom is 0.270 e. The van der Waals surface area contributed by atoms with Gasteiger partial charge in [0.05, 0.1) is 23.4 Å². The molecule has 4 heterocycles. The average molecular weight is 397 g/mol. The second-order valence-corrected chi connectivity index (χ2v) is 8.29. The number of nitrogens with zero attached hydrogens (tertiary/aromatic N) is 4. The lowest BCUT2D eigenvalue weighted by Gasteiger charge is -2.52. The lowest BCUT2D eigenvalue weighted by molar-refractivity contribution is -0.167. The van der Waals surface area contributed by atoms with Gasteiger partial charge in [0.1, 0.15) is 11.8 Å². The number of carbonyl (C=O) groups is 1. The fourth-order valence-corrected chi connectivity index (χ4v) is 4.25. The Hall–Kier alpha value is -2.58. The van der Waals surface area contributed by atoms with Crippen LogP contribution < -0.4 is 10.2 Å². The summed E-state index contributed by atoms with van der Waals surface area (Å²) < 4.78 is 6.13. The van der Waals surface area contributed by atoms with E-state index in [0.29, 0.717) is 12.1 Å². The number of carbonyl (C=O) groups excluding carboxylic acids is 1. The van der Waals surface area contributed by atoms with Crippen LogP contribution in [0.1, 0.15) is 42.4 Å². The Balaban J connectivity index is 1.44. The first kappa shape index (κ1) is 19.7. The Labute approximate surface area is 170 Å². The van der Waals surface area contributed by atoms with E-state index in [1.54, 1.807) is 24.4 Å². The molecule has 2 N–H and O–H groups in total. The molecule has 2 atom stereocenters. The van der Waals surface area contributed by atoms with Crippen molar-refractivity contribution < 1.29 is 14.6 Å². The molecule has 2 aromatic rings. The fourth-order valence-electron chi connectivity index (χ4n) is 4.25. The van der Waals surface area contributed by atoms with Gasteiger partial charge >= 0.3 is 0 Å². The zero-order valence-corrected chi connectivity index (χ0v) is 16.8. The summed E-state index contributed by atoms with van der Waals surface area (Å²) >= 11 is 0. The van der Waals surface area contributed by atoms with Crippen molar-refractivity contribution in [2.24, 2.45) is 0 Å². The van der Waals surface area contributed by atoms with Gasteiger partial charge in [-0.2, -0.15) is 5.10 Å². The predicted molar refractivity (Wildman–Crippen MR) is 108 cm³/mol. The lowest BCUT2D eigenvalue weighted by Crippen LogP contribution is -2.65. The number of aliphatic hydroxyl groups is 1. The molecule has 0 unspecified atom stereocenters. The van der Waals surface area contributed by atoms with E-state index in [1.807, 2.05) is 26.0 Å². The highest BCUT2D eigenvalue weighted by atomic mass is 16.5. The van der Waals surface area contributed by atoms with Gasteiger partial charge in [-0.05, 0) is 51.0 Å². The van der Waals surface area contributed by atoms with E-state index in [1.165, 1.54) is 0 Å². The Kier molecular flexibility index (Phi) is 5.23. The third kappa shape index (κ3) is 4.09. The highest BCUT2D eigenvalue weighted by Gasteiger charge is 2.50. The van der Waals surface area contributed by atoms with E-state index in [-0.39, 0.29) is 18.1 Å². The number of anilines is 1. The minimum absolute atomic E-state index is 0.198. The molecule has 0 aromatic carbocycles. The van der Waals surface area contributed by atoms with Gasteiger partial charge < -0.3 is 20.1 Å². The topological polar surface area (TPSA) is 100 Å². The van der Waals surface area contributed by atoms with E-state index in [2.05, 4.69) is 25.4 Å². The number of rotatable bonds is 3. The summed E-state index contributed by atoms with van der Waals surface area (Å²) in [7, 11) is 0. The molecule has 0 aliphatic carbocycles. The first-order valence-electron chi connectivity index (χ1n) is 10.0. The summed E-state index contributed by atoms with van der Waals surface area (Å²) in [5.41, 5.74) is 0.0825. The van der Waals surface area contributed by atoms with Gasteiger partial charge in [-0.3, -0.25) is 9.78 Å². The van der Waals surface area contributed by atoms with Crippen LogP contribution in [0.2, 0.25) is 0 Å². The number of aromatic nitrogens is 3. The third-order valence-corrected chi connectivity index (χ3v) is 6.05. The maximum absolute atomic E-state index is 12.7. The van der Waals surface area contributed by atoms with E-state index >= 15 is 0 Å². The second-order valence-electron chi connectivity index (χ2n) is 8.29. The van der Waals surface area contributed by atoms with Crippen molar-refractivity contribution in [2.75, 3.05) is 24.6 Å². The Morgan fingerprint density at radius 1 is 1.24 bits per heavy atom. The van der Waals surface area contributed by atoms with E-state index in [4.69, 9.17) is 4.74 Å². The maximum atomic E-state index is 12.7. The number of ether oxygens (including phenoxy) is 1. The SMILES string of the molecule is Cc1ccc(N2CCC3(CC2)C[C@@](C)(NC(=O)c2ccccn2)[C@H](O)CO3)nn1. The molecule has 29 heavy (non-hydrogen) atoms. The number of aliphatic hydroxyl groups excluding tert-OH is 1. The largest absolute Gasteiger partial charge is 0.388 e. The van der Waals surface area contributed by atoms with E-state index < -0.39 is 11.6 Å². The van der Waals surface area contributed by atoms with Crippen LogP contribution >= 0.6 is 0 Å². The van der Waals surface area contributed by atoms with Crippen LogP contribution in [-0.4, -0.2) is 63.1 Å². The number of aryl methyl sites for hydroxylation is 1. The molecule has 2 saturated heterocycles. The normalized spacial score (nSPS) is 26.3. The number of pyridine rings is 1. The Morgan fingerprint density at radius 3 is 2.69 bits per heavy atom. The quantitative estimate of drug-likeness (QED) is 0.809. The summed E-state index contributed by atoms with van der Waals surface area (Å²) in [5.74, 6) is 0.587.